The van der Waals surface area contributed by atoms with Gasteiger partial charge >= 0.3 is 0 Å². The summed E-state index contributed by atoms with van der Waals surface area (Å²) < 4.78 is 0. The number of rotatable bonds is 8. The molecule has 0 heteroatoms. The van der Waals surface area contributed by atoms with Crippen LogP contribution in [0.1, 0.15) is 30.0 Å². The van der Waals surface area contributed by atoms with Crippen LogP contribution in [0.15, 0.2) is 195 Å². The van der Waals surface area contributed by atoms with Crippen LogP contribution in [0.4, 0.5) is 0 Å². The summed E-state index contributed by atoms with van der Waals surface area (Å²) in [6.07, 6.45) is 15.7. The van der Waals surface area contributed by atoms with E-state index >= 15 is 0 Å². The Hall–Kier alpha value is -6.76. The van der Waals surface area contributed by atoms with E-state index in [1.165, 1.54) is 110 Å². The van der Waals surface area contributed by atoms with Crippen molar-refractivity contribution >= 4 is 37.9 Å². The minimum absolute atomic E-state index is 0.767. The van der Waals surface area contributed by atoms with Crippen molar-refractivity contribution in [2.75, 3.05) is 0 Å². The van der Waals surface area contributed by atoms with Crippen molar-refractivity contribution in [3.05, 3.63) is 211 Å². The highest BCUT2D eigenvalue weighted by Crippen LogP contribution is 2.59. The molecule has 8 aromatic carbocycles. The third-order valence-electron chi connectivity index (χ3n) is 11.9. The fourth-order valence-corrected chi connectivity index (χ4v) is 9.59. The molecule has 2 aliphatic rings. The van der Waals surface area contributed by atoms with Crippen molar-refractivity contribution in [1.29, 1.82) is 0 Å². The zero-order valence-electron chi connectivity index (χ0n) is 31.8. The van der Waals surface area contributed by atoms with E-state index in [1.54, 1.807) is 0 Å². The van der Waals surface area contributed by atoms with Gasteiger partial charge in [-0.15, -0.1) is 6.58 Å². The van der Waals surface area contributed by atoms with Gasteiger partial charge in [-0.25, -0.2) is 0 Å². The minimum atomic E-state index is 0.767. The summed E-state index contributed by atoms with van der Waals surface area (Å²) in [4.78, 5) is 0. The average molecular weight is 715 g/mol. The molecule has 0 aliphatic heterocycles. The summed E-state index contributed by atoms with van der Waals surface area (Å²) in [5, 5.41) is 7.70. The van der Waals surface area contributed by atoms with Gasteiger partial charge in [0.25, 0.3) is 0 Å². The molecule has 0 atom stereocenters. The van der Waals surface area contributed by atoms with Crippen molar-refractivity contribution in [2.24, 2.45) is 0 Å². The first-order valence-corrected chi connectivity index (χ1v) is 19.8. The Morgan fingerprint density at radius 3 is 2.20 bits per heavy atom. The molecule has 266 valence electrons. The highest BCUT2D eigenvalue weighted by molar-refractivity contribution is 6.28. The average Bonchev–Trinajstić information content (AvgIpc) is 3.57. The van der Waals surface area contributed by atoms with Gasteiger partial charge in [0, 0.05) is 0 Å². The van der Waals surface area contributed by atoms with Gasteiger partial charge in [0.15, 0.2) is 0 Å². The van der Waals surface area contributed by atoms with Gasteiger partial charge in [0.1, 0.15) is 0 Å². The topological polar surface area (TPSA) is 0 Å². The molecule has 56 heavy (non-hydrogen) atoms. The molecule has 0 aromatic heterocycles. The van der Waals surface area contributed by atoms with Crippen molar-refractivity contribution in [3.63, 3.8) is 0 Å². The Labute approximate surface area is 329 Å². The van der Waals surface area contributed by atoms with Crippen LogP contribution in [0.2, 0.25) is 0 Å². The summed E-state index contributed by atoms with van der Waals surface area (Å²) in [7, 11) is 0. The van der Waals surface area contributed by atoms with Crippen LogP contribution in [0.5, 0.6) is 0 Å². The number of hydrogen-bond acceptors (Lipinski definition) is 0. The van der Waals surface area contributed by atoms with Crippen LogP contribution in [0.25, 0.3) is 93.5 Å². The Bertz CT molecular complexity index is 3020. The molecule has 0 saturated heterocycles. The fourth-order valence-electron chi connectivity index (χ4n) is 9.59. The minimum Gasteiger partial charge on any atom is -0.103 e. The monoisotopic (exact) mass is 714 g/mol. The van der Waals surface area contributed by atoms with E-state index in [0.29, 0.717) is 0 Å². The smallest absolute Gasteiger partial charge is 0.000719 e. The molecule has 0 saturated carbocycles. The number of benzene rings is 8. The van der Waals surface area contributed by atoms with E-state index in [4.69, 9.17) is 0 Å². The van der Waals surface area contributed by atoms with Crippen molar-refractivity contribution < 1.29 is 0 Å². The summed E-state index contributed by atoms with van der Waals surface area (Å²) in [6, 6.07) is 52.2. The van der Waals surface area contributed by atoms with Crippen molar-refractivity contribution in [3.8, 4) is 55.6 Å². The van der Waals surface area contributed by atoms with Crippen molar-refractivity contribution in [1.82, 2.24) is 0 Å². The van der Waals surface area contributed by atoms with Crippen LogP contribution in [0, 0.1) is 0 Å². The zero-order valence-corrected chi connectivity index (χ0v) is 31.8. The van der Waals surface area contributed by atoms with Crippen LogP contribution in [-0.4, -0.2) is 0 Å². The highest BCUT2D eigenvalue weighted by Gasteiger charge is 2.33. The van der Waals surface area contributed by atoms with Gasteiger partial charge < -0.3 is 0 Å². The first-order valence-electron chi connectivity index (χ1n) is 19.8. The SMILES string of the molecule is C=C\C=C(/C=C(/C=C\C)CC=C)c1c2c(c(-c3ccc4ccccc4c3)c3ccc(-c4ccccc4)cc13)-c1cccc3c4c(cc-2c13)-c1ccccc1CC4. The highest BCUT2D eigenvalue weighted by atomic mass is 14.4. The van der Waals surface area contributed by atoms with Crippen LogP contribution in [-0.2, 0) is 12.8 Å². The molecule has 0 radical (unpaired) electrons. The molecule has 0 heterocycles. The molecule has 0 bridgehead atoms. The second kappa shape index (κ2) is 13.8. The molecule has 0 nitrogen and oxygen atoms in total. The van der Waals surface area contributed by atoms with Gasteiger partial charge in [-0.05, 0) is 160 Å². The molecule has 0 spiro atoms. The van der Waals surface area contributed by atoms with E-state index in [0.717, 1.165) is 24.8 Å². The zero-order chi connectivity index (χ0) is 37.8. The third-order valence-corrected chi connectivity index (χ3v) is 11.9. The van der Waals surface area contributed by atoms with Gasteiger partial charge in [0.2, 0.25) is 0 Å². The van der Waals surface area contributed by atoms with E-state index in [9.17, 15) is 0 Å². The van der Waals surface area contributed by atoms with Gasteiger partial charge in [-0.2, -0.15) is 0 Å². The summed E-state index contributed by atoms with van der Waals surface area (Å²) in [5.74, 6) is 0. The standard InChI is InChI=1S/C56H42/c1-4-15-36(16-5-2)32-42(17-6-3)53-50-34-41(37-18-8-7-9-19-37)29-31-47(50)52(43-27-26-38-20-10-11-22-40(38)33-43)55-48-25-14-24-46-45-30-28-39-21-12-13-23-44(39)49(45)35-51(54(46)48)56(53)55/h4-14,16-27,29,31-35H,1,3,15,28,30H2,2H3/b16-5-,36-32+,42-17+. The third kappa shape index (κ3) is 5.36. The quantitative estimate of drug-likeness (QED) is 0.109. The predicted octanol–water partition coefficient (Wildman–Crippen LogP) is 15.5. The molecular weight excluding hydrogens is 673 g/mol. The lowest BCUT2D eigenvalue weighted by molar-refractivity contribution is 0.951. The molecule has 0 N–H and O–H groups in total. The van der Waals surface area contributed by atoms with Gasteiger partial charge in [0.05, 0.1) is 0 Å². The van der Waals surface area contributed by atoms with Crippen LogP contribution < -0.4 is 0 Å². The maximum atomic E-state index is 4.28. The second-order valence-corrected chi connectivity index (χ2v) is 15.1. The number of aryl methyl sites for hydroxylation is 2. The lowest BCUT2D eigenvalue weighted by Crippen LogP contribution is -2.05. The van der Waals surface area contributed by atoms with E-state index in [-0.39, 0.29) is 0 Å². The number of hydrogen-bond donors (Lipinski definition) is 0. The maximum absolute atomic E-state index is 4.28. The Balaban J connectivity index is 1.42. The summed E-state index contributed by atoms with van der Waals surface area (Å²) in [6.45, 7) is 10.5. The molecule has 2 aliphatic carbocycles. The molecule has 0 unspecified atom stereocenters. The lowest BCUT2D eigenvalue weighted by Gasteiger charge is -2.24. The second-order valence-electron chi connectivity index (χ2n) is 15.1. The van der Waals surface area contributed by atoms with Crippen LogP contribution in [0.3, 0.4) is 0 Å². The Morgan fingerprint density at radius 1 is 0.571 bits per heavy atom. The van der Waals surface area contributed by atoms with Crippen molar-refractivity contribution in [2.45, 2.75) is 26.2 Å². The maximum Gasteiger partial charge on any atom is -0.000719 e. The van der Waals surface area contributed by atoms with Gasteiger partial charge in [-0.1, -0.05) is 164 Å². The molecule has 8 aromatic rings. The normalized spacial score (nSPS) is 13.3. The van der Waals surface area contributed by atoms with Gasteiger partial charge in [-0.3, -0.25) is 0 Å². The first kappa shape index (κ1) is 33.8. The molecule has 0 amide bonds. The number of allylic oxidation sites excluding steroid dienone is 8. The Morgan fingerprint density at radius 2 is 1.36 bits per heavy atom. The lowest BCUT2D eigenvalue weighted by atomic mass is 9.79. The summed E-state index contributed by atoms with van der Waals surface area (Å²) in [5.41, 5.74) is 19.4. The predicted molar refractivity (Wildman–Crippen MR) is 243 cm³/mol. The van der Waals surface area contributed by atoms with E-state index in [2.05, 4.69) is 184 Å². The Kier molecular flexibility index (Phi) is 8.34. The fraction of sp³-hybridized carbons (Fsp3) is 0.0714. The largest absolute Gasteiger partial charge is 0.103 e. The summed E-state index contributed by atoms with van der Waals surface area (Å²) >= 11 is 0. The molecule has 0 fully saturated rings. The number of fused-ring (bicyclic) bond motifs is 9. The first-order chi connectivity index (χ1) is 27.7. The van der Waals surface area contributed by atoms with Crippen LogP contribution >= 0.6 is 0 Å². The van der Waals surface area contributed by atoms with E-state index in [1.807, 2.05) is 12.2 Å². The van der Waals surface area contributed by atoms with E-state index < -0.39 is 0 Å². The molecular formula is C56H42. The molecule has 10 rings (SSSR count).